The Morgan fingerprint density at radius 2 is 1.91 bits per heavy atom. The fourth-order valence-corrected chi connectivity index (χ4v) is 6.31. The summed E-state index contributed by atoms with van der Waals surface area (Å²) in [6.45, 7) is 0.670. The van der Waals surface area contributed by atoms with Crippen LogP contribution in [0.2, 0.25) is 0 Å². The van der Waals surface area contributed by atoms with E-state index in [9.17, 15) is 16.3 Å². The van der Waals surface area contributed by atoms with E-state index < -0.39 is 31.3 Å². The normalized spacial score (nSPS) is 19.2. The van der Waals surface area contributed by atoms with Gasteiger partial charge in [0.25, 0.3) is 21.5 Å². The lowest BCUT2D eigenvalue weighted by atomic mass is 9.99. The third-order valence-electron chi connectivity index (χ3n) is 5.93. The van der Waals surface area contributed by atoms with E-state index in [2.05, 4.69) is 15.6 Å². The molecule has 0 unspecified atom stereocenters. The first-order valence-electron chi connectivity index (χ1n) is 10.6. The molecule has 1 saturated heterocycles. The van der Waals surface area contributed by atoms with Crippen molar-refractivity contribution in [2.75, 3.05) is 21.2 Å². The number of sulfone groups is 1. The number of nitrogens with zero attached hydrogens (tertiary/aromatic N) is 3. The standard InChI is InChI=1S/C21H26IN5O4S/c1-32(30,31)18-8-6-16(7-9-18)25-21-24-13-15(12-14-10-11-23-20(14)28)19(26-21)27(22-29)17-4-2-3-5-17/h6-9,13-14,17H,2-5,10-12H2,1H3,(H,23,28)(H,24,25,26)/t14-/m0/s1. The van der Waals surface area contributed by atoms with Gasteiger partial charge >= 0.3 is 0 Å². The zero-order chi connectivity index (χ0) is 22.7. The molecule has 2 aliphatic rings. The fraction of sp³-hybridized carbons (Fsp3) is 0.476. The van der Waals surface area contributed by atoms with Crippen LogP contribution in [0.3, 0.4) is 0 Å². The molecule has 9 nitrogen and oxygen atoms in total. The molecule has 0 bridgehead atoms. The Bertz CT molecular complexity index is 1100. The number of hydrogen-bond donors (Lipinski definition) is 2. The molecule has 1 amide bonds. The van der Waals surface area contributed by atoms with Crippen molar-refractivity contribution in [3.05, 3.63) is 36.0 Å². The number of carbonyl (C=O) groups excluding carboxylic acids is 1. The smallest absolute Gasteiger partial charge is 0.275 e. The molecule has 2 fully saturated rings. The number of benzene rings is 1. The molecule has 0 radical (unpaired) electrons. The Morgan fingerprint density at radius 1 is 1.19 bits per heavy atom. The van der Waals surface area contributed by atoms with Gasteiger partial charge in [-0.05, 0) is 49.9 Å². The second-order valence-electron chi connectivity index (χ2n) is 8.26. The molecule has 11 heteroatoms. The van der Waals surface area contributed by atoms with Gasteiger partial charge in [0.2, 0.25) is 11.9 Å². The number of rotatable bonds is 8. The summed E-state index contributed by atoms with van der Waals surface area (Å²) in [7, 11) is -3.27. The van der Waals surface area contributed by atoms with E-state index in [4.69, 9.17) is 4.98 Å². The highest BCUT2D eigenvalue weighted by Gasteiger charge is 2.30. The van der Waals surface area contributed by atoms with Crippen molar-refractivity contribution in [2.45, 2.75) is 49.5 Å². The highest BCUT2D eigenvalue weighted by atomic mass is 127. The van der Waals surface area contributed by atoms with Gasteiger partial charge in [0.15, 0.2) is 9.84 Å². The van der Waals surface area contributed by atoms with Gasteiger partial charge < -0.3 is 10.6 Å². The van der Waals surface area contributed by atoms with Crippen LogP contribution >= 0.6 is 21.5 Å². The lowest BCUT2D eigenvalue weighted by Gasteiger charge is -2.25. The minimum absolute atomic E-state index is 0.0355. The molecule has 0 spiro atoms. The minimum atomic E-state index is -3.27. The summed E-state index contributed by atoms with van der Waals surface area (Å²) in [5, 5.41) is 5.97. The summed E-state index contributed by atoms with van der Waals surface area (Å²) in [4.78, 5) is 21.5. The van der Waals surface area contributed by atoms with E-state index in [1.165, 1.54) is 12.1 Å². The first-order chi connectivity index (χ1) is 15.3. The molecule has 1 aromatic heterocycles. The minimum Gasteiger partial charge on any atom is -0.356 e. The topological polar surface area (TPSA) is 121 Å². The lowest BCUT2D eigenvalue weighted by molar-refractivity contribution is -0.122. The molecular weight excluding hydrogens is 545 g/mol. The van der Waals surface area contributed by atoms with Crippen molar-refractivity contribution in [1.29, 1.82) is 0 Å². The third kappa shape index (κ3) is 5.25. The molecule has 1 aliphatic carbocycles. The van der Waals surface area contributed by atoms with E-state index in [1.54, 1.807) is 18.3 Å². The van der Waals surface area contributed by atoms with Gasteiger partial charge in [-0.3, -0.25) is 7.91 Å². The van der Waals surface area contributed by atoms with Crippen LogP contribution in [0.15, 0.2) is 35.4 Å². The average Bonchev–Trinajstić information content (AvgIpc) is 3.43. The number of nitrogens with one attached hydrogen (secondary N) is 2. The molecule has 32 heavy (non-hydrogen) atoms. The number of hydrogen-bond acceptors (Lipinski definition) is 7. The van der Waals surface area contributed by atoms with Crippen LogP contribution in [0.25, 0.3) is 0 Å². The third-order valence-corrected chi connectivity index (χ3v) is 8.73. The predicted octanol–water partition coefficient (Wildman–Crippen LogP) is 3.28. The largest absolute Gasteiger partial charge is 0.356 e. The maximum absolute atomic E-state index is 12.3. The SMILES string of the molecule is CS(=O)(=O)c1ccc(Nc2ncc(C[C@@H]3CCNC3=O)c(N(I=O)C3CCCC3)n2)cc1. The van der Waals surface area contributed by atoms with E-state index >= 15 is 0 Å². The molecule has 1 saturated carbocycles. The quantitative estimate of drug-likeness (QED) is 0.366. The van der Waals surface area contributed by atoms with Gasteiger partial charge in [0.05, 0.1) is 4.90 Å². The van der Waals surface area contributed by atoms with Crippen LogP contribution in [0.1, 0.15) is 37.7 Å². The molecule has 4 rings (SSSR count). The molecule has 2 aromatic rings. The zero-order valence-electron chi connectivity index (χ0n) is 17.8. The van der Waals surface area contributed by atoms with Crippen molar-refractivity contribution >= 4 is 54.7 Å². The van der Waals surface area contributed by atoms with Gasteiger partial charge in [0.1, 0.15) is 5.82 Å². The summed E-state index contributed by atoms with van der Waals surface area (Å²) in [6.07, 6.45) is 8.32. The molecule has 1 aliphatic heterocycles. The molecule has 1 atom stereocenters. The Labute approximate surface area is 198 Å². The van der Waals surface area contributed by atoms with E-state index in [0.29, 0.717) is 30.4 Å². The molecule has 2 N–H and O–H groups in total. The zero-order valence-corrected chi connectivity index (χ0v) is 20.7. The number of halogens is 1. The van der Waals surface area contributed by atoms with Crippen molar-refractivity contribution in [2.24, 2.45) is 5.92 Å². The molecule has 2 heterocycles. The van der Waals surface area contributed by atoms with Gasteiger partial charge in [-0.25, -0.2) is 16.5 Å². The maximum Gasteiger partial charge on any atom is 0.275 e. The summed E-state index contributed by atoms with van der Waals surface area (Å²) in [5.41, 5.74) is 1.47. The highest BCUT2D eigenvalue weighted by molar-refractivity contribution is 14.1. The number of aromatic nitrogens is 2. The van der Waals surface area contributed by atoms with E-state index in [0.717, 1.165) is 43.9 Å². The average molecular weight is 571 g/mol. The van der Waals surface area contributed by atoms with Crippen molar-refractivity contribution in [3.63, 3.8) is 0 Å². The molecular formula is C21H26IN5O4S. The Hall–Kier alpha value is -2.15. The predicted molar refractivity (Wildman–Crippen MR) is 129 cm³/mol. The maximum atomic E-state index is 12.3. The number of amides is 1. The summed E-state index contributed by atoms with van der Waals surface area (Å²) < 4.78 is 37.6. The number of anilines is 3. The van der Waals surface area contributed by atoms with Crippen LogP contribution < -0.4 is 13.7 Å². The van der Waals surface area contributed by atoms with Crippen molar-refractivity contribution < 1.29 is 16.3 Å². The van der Waals surface area contributed by atoms with Crippen LogP contribution in [0.5, 0.6) is 0 Å². The first kappa shape index (κ1) is 23.0. The van der Waals surface area contributed by atoms with Crippen LogP contribution in [-0.4, -0.2) is 43.1 Å². The van der Waals surface area contributed by atoms with Gasteiger partial charge in [-0.2, -0.15) is 4.98 Å². The summed E-state index contributed by atoms with van der Waals surface area (Å²) in [5.74, 6) is 0.875. The molecule has 172 valence electrons. The summed E-state index contributed by atoms with van der Waals surface area (Å²) in [6, 6.07) is 6.56. The Balaban J connectivity index is 1.63. The second-order valence-corrected chi connectivity index (χ2v) is 11.7. The first-order valence-corrected chi connectivity index (χ1v) is 14.4. The van der Waals surface area contributed by atoms with Gasteiger partial charge in [0, 0.05) is 42.2 Å². The van der Waals surface area contributed by atoms with Crippen LogP contribution in [0, 0.1) is 5.92 Å². The Kier molecular flexibility index (Phi) is 7.03. The van der Waals surface area contributed by atoms with Gasteiger partial charge in [-0.1, -0.05) is 12.8 Å². The highest BCUT2D eigenvalue weighted by Crippen LogP contribution is 2.35. The lowest BCUT2D eigenvalue weighted by Crippen LogP contribution is -2.27. The van der Waals surface area contributed by atoms with Crippen LogP contribution in [-0.2, 0) is 24.1 Å². The van der Waals surface area contributed by atoms with Crippen LogP contribution in [0.4, 0.5) is 17.5 Å². The monoisotopic (exact) mass is 571 g/mol. The van der Waals surface area contributed by atoms with Crippen molar-refractivity contribution in [3.8, 4) is 0 Å². The second kappa shape index (κ2) is 9.77. The van der Waals surface area contributed by atoms with E-state index in [-0.39, 0.29) is 22.8 Å². The fourth-order valence-electron chi connectivity index (χ4n) is 4.20. The van der Waals surface area contributed by atoms with Crippen molar-refractivity contribution in [1.82, 2.24) is 15.3 Å². The van der Waals surface area contributed by atoms with Gasteiger partial charge in [-0.15, -0.1) is 0 Å². The summed E-state index contributed by atoms with van der Waals surface area (Å²) >= 11 is -1.49. The number of carbonyl (C=O) groups is 1. The van der Waals surface area contributed by atoms with E-state index in [1.807, 2.05) is 3.11 Å². The molecule has 1 aromatic carbocycles. The Morgan fingerprint density at radius 3 is 2.50 bits per heavy atom.